The molecule has 0 amide bonds. The first kappa shape index (κ1) is 11.7. The van der Waals surface area contributed by atoms with Gasteiger partial charge in [-0.2, -0.15) is 17.2 Å². The van der Waals surface area contributed by atoms with E-state index in [1.807, 2.05) is 4.98 Å². The van der Waals surface area contributed by atoms with Crippen molar-refractivity contribution in [1.29, 1.82) is 0 Å². The summed E-state index contributed by atoms with van der Waals surface area (Å²) in [7, 11) is -6.12. The maximum atomic E-state index is 13.1. The van der Waals surface area contributed by atoms with Gasteiger partial charge in [0.25, 0.3) is 0 Å². The molecule has 0 spiro atoms. The third-order valence-electron chi connectivity index (χ3n) is 2.07. The van der Waals surface area contributed by atoms with Crippen molar-refractivity contribution in [3.63, 3.8) is 0 Å². The van der Waals surface area contributed by atoms with E-state index in [9.17, 15) is 26.2 Å². The smallest absolute Gasteiger partial charge is 0.430 e. The Balaban J connectivity index is 2.70. The van der Waals surface area contributed by atoms with E-state index in [4.69, 9.17) is 0 Å². The summed E-state index contributed by atoms with van der Waals surface area (Å²) in [4.78, 5) is 5.12. The molecule has 0 bridgehead atoms. The van der Waals surface area contributed by atoms with Crippen LogP contribution in [-0.2, 0) is 15.5 Å². The second kappa shape index (κ2) is 3.36. The SMILES string of the molecule is O=S(=O)(F)C(F)(F)c1nc2c(O)cccc2[nH]1. The standard InChI is InChI=1S/C8H5F3N2O3S/c9-8(10,17(11,15)16)7-12-4-2-1-3-5(14)6(4)13-7/h1-3,14H,(H,12,13). The van der Waals surface area contributed by atoms with Gasteiger partial charge in [0.05, 0.1) is 5.52 Å². The van der Waals surface area contributed by atoms with Crippen LogP contribution in [0.2, 0.25) is 0 Å². The number of nitrogens with zero attached hydrogens (tertiary/aromatic N) is 1. The molecule has 0 saturated heterocycles. The van der Waals surface area contributed by atoms with E-state index in [0.717, 1.165) is 0 Å². The molecule has 5 nitrogen and oxygen atoms in total. The van der Waals surface area contributed by atoms with E-state index >= 15 is 0 Å². The van der Waals surface area contributed by atoms with E-state index in [2.05, 4.69) is 4.98 Å². The van der Waals surface area contributed by atoms with Crippen molar-refractivity contribution in [2.24, 2.45) is 0 Å². The van der Waals surface area contributed by atoms with Crippen molar-refractivity contribution in [1.82, 2.24) is 9.97 Å². The molecule has 0 aliphatic heterocycles. The number of hydrogen-bond donors (Lipinski definition) is 2. The molecular formula is C8H5F3N2O3S. The zero-order valence-corrected chi connectivity index (χ0v) is 8.80. The van der Waals surface area contributed by atoms with Gasteiger partial charge in [0, 0.05) is 0 Å². The Morgan fingerprint density at radius 1 is 1.35 bits per heavy atom. The normalized spacial score (nSPS) is 13.1. The van der Waals surface area contributed by atoms with Crippen LogP contribution < -0.4 is 0 Å². The average Bonchev–Trinajstić information content (AvgIpc) is 2.61. The van der Waals surface area contributed by atoms with Crippen LogP contribution >= 0.6 is 0 Å². The molecule has 0 atom stereocenters. The van der Waals surface area contributed by atoms with Gasteiger partial charge in [-0.3, -0.25) is 0 Å². The van der Waals surface area contributed by atoms with E-state index in [1.54, 1.807) is 0 Å². The van der Waals surface area contributed by atoms with Crippen molar-refractivity contribution in [2.45, 2.75) is 5.25 Å². The summed E-state index contributed by atoms with van der Waals surface area (Å²) in [5.74, 6) is -1.80. The fraction of sp³-hybridized carbons (Fsp3) is 0.125. The van der Waals surface area contributed by atoms with Crippen LogP contribution in [0.5, 0.6) is 5.75 Å². The summed E-state index contributed by atoms with van der Waals surface area (Å²) >= 11 is 0. The van der Waals surface area contributed by atoms with E-state index in [0.29, 0.717) is 0 Å². The lowest BCUT2D eigenvalue weighted by molar-refractivity contribution is 0.0755. The first-order valence-electron chi connectivity index (χ1n) is 4.23. The van der Waals surface area contributed by atoms with Crippen molar-refractivity contribution in [3.05, 3.63) is 24.0 Å². The molecule has 0 unspecified atom stereocenters. The highest BCUT2D eigenvalue weighted by Gasteiger charge is 2.50. The largest absolute Gasteiger partial charge is 0.506 e. The van der Waals surface area contributed by atoms with Crippen molar-refractivity contribution in [2.75, 3.05) is 0 Å². The molecule has 1 heterocycles. The summed E-state index contributed by atoms with van der Waals surface area (Å²) in [6.07, 6.45) is 0. The minimum atomic E-state index is -6.12. The van der Waals surface area contributed by atoms with Crippen LogP contribution in [-0.4, -0.2) is 23.5 Å². The van der Waals surface area contributed by atoms with Crippen LogP contribution in [0, 0.1) is 0 Å². The maximum absolute atomic E-state index is 13.1. The Labute approximate surface area is 93.1 Å². The number of halogens is 3. The summed E-state index contributed by atoms with van der Waals surface area (Å²) in [5.41, 5.74) is -0.283. The maximum Gasteiger partial charge on any atom is 0.430 e. The minimum Gasteiger partial charge on any atom is -0.506 e. The molecule has 2 N–H and O–H groups in total. The zero-order valence-electron chi connectivity index (χ0n) is 7.99. The van der Waals surface area contributed by atoms with E-state index in [-0.39, 0.29) is 11.0 Å². The molecule has 1 aromatic carbocycles. The monoisotopic (exact) mass is 266 g/mol. The topological polar surface area (TPSA) is 83.1 Å². The van der Waals surface area contributed by atoms with Crippen LogP contribution in [0.15, 0.2) is 18.2 Å². The highest BCUT2D eigenvalue weighted by Crippen LogP contribution is 2.35. The number of phenolic OH excluding ortho intramolecular Hbond substituents is 1. The molecule has 2 rings (SSSR count). The van der Waals surface area contributed by atoms with Gasteiger partial charge in [-0.25, -0.2) is 4.98 Å². The van der Waals surface area contributed by atoms with Crippen LogP contribution in [0.4, 0.5) is 12.7 Å². The van der Waals surface area contributed by atoms with Crippen LogP contribution in [0.3, 0.4) is 0 Å². The van der Waals surface area contributed by atoms with Gasteiger partial charge in [0.1, 0.15) is 11.3 Å². The Hall–Kier alpha value is -1.77. The number of hydrogen-bond acceptors (Lipinski definition) is 4. The third kappa shape index (κ3) is 1.71. The second-order valence-corrected chi connectivity index (χ2v) is 4.60. The van der Waals surface area contributed by atoms with Crippen molar-refractivity contribution >= 4 is 21.3 Å². The molecule has 0 aliphatic rings. The summed E-state index contributed by atoms with van der Waals surface area (Å²) in [5, 5.41) is 4.50. The Bertz CT molecular complexity index is 680. The minimum absolute atomic E-state index is 0.0247. The predicted molar refractivity (Wildman–Crippen MR) is 51.7 cm³/mol. The highest BCUT2D eigenvalue weighted by atomic mass is 32.3. The average molecular weight is 266 g/mol. The number of imidazole rings is 1. The Morgan fingerprint density at radius 2 is 2.00 bits per heavy atom. The number of rotatable bonds is 2. The molecule has 0 aliphatic carbocycles. The number of aromatic hydroxyl groups is 1. The number of alkyl halides is 2. The number of nitrogens with one attached hydrogen (secondary N) is 1. The predicted octanol–water partition coefficient (Wildman–Crippen LogP) is 1.62. The molecule has 0 saturated carbocycles. The van der Waals surface area contributed by atoms with Crippen molar-refractivity contribution in [3.8, 4) is 5.75 Å². The first-order chi connectivity index (χ1) is 7.73. The number of phenols is 1. The Morgan fingerprint density at radius 3 is 2.53 bits per heavy atom. The Kier molecular flexibility index (Phi) is 2.31. The lowest BCUT2D eigenvalue weighted by atomic mass is 10.3. The van der Waals surface area contributed by atoms with Gasteiger partial charge in [0.15, 0.2) is 5.82 Å². The molecule has 0 radical (unpaired) electrons. The lowest BCUT2D eigenvalue weighted by Gasteiger charge is -2.06. The molecule has 1 aromatic heterocycles. The van der Waals surface area contributed by atoms with Gasteiger partial charge in [-0.15, -0.1) is 0 Å². The number of H-pyrrole nitrogens is 1. The summed E-state index contributed by atoms with van der Waals surface area (Å²) in [6, 6.07) is 3.79. The van der Waals surface area contributed by atoms with Gasteiger partial charge in [-0.05, 0) is 12.1 Å². The van der Waals surface area contributed by atoms with Crippen LogP contribution in [0.1, 0.15) is 5.82 Å². The second-order valence-electron chi connectivity index (χ2n) is 3.21. The van der Waals surface area contributed by atoms with Gasteiger partial charge >= 0.3 is 15.5 Å². The van der Waals surface area contributed by atoms with E-state index in [1.165, 1.54) is 18.2 Å². The zero-order chi connectivity index (χ0) is 12.8. The molecular weight excluding hydrogens is 261 g/mol. The number of para-hydroxylation sites is 1. The molecule has 0 fully saturated rings. The molecule has 17 heavy (non-hydrogen) atoms. The van der Waals surface area contributed by atoms with Crippen molar-refractivity contribution < 1.29 is 26.2 Å². The van der Waals surface area contributed by atoms with Gasteiger partial charge < -0.3 is 10.1 Å². The number of fused-ring (bicyclic) bond motifs is 1. The number of benzene rings is 1. The van der Waals surface area contributed by atoms with Crippen LogP contribution in [0.25, 0.3) is 11.0 Å². The highest BCUT2D eigenvalue weighted by molar-refractivity contribution is 7.87. The summed E-state index contributed by atoms with van der Waals surface area (Å²) < 4.78 is 59.1. The number of aromatic amines is 1. The quantitative estimate of drug-likeness (QED) is 0.809. The van der Waals surface area contributed by atoms with E-state index < -0.39 is 27.1 Å². The third-order valence-corrected chi connectivity index (χ3v) is 2.88. The molecule has 92 valence electrons. The first-order valence-corrected chi connectivity index (χ1v) is 5.62. The molecule has 2 aromatic rings. The van der Waals surface area contributed by atoms with Gasteiger partial charge in [0.2, 0.25) is 0 Å². The number of aromatic nitrogens is 2. The fourth-order valence-electron chi connectivity index (χ4n) is 1.27. The fourth-order valence-corrected chi connectivity index (χ4v) is 1.60. The summed E-state index contributed by atoms with van der Waals surface area (Å²) in [6.45, 7) is 0. The lowest BCUT2D eigenvalue weighted by Crippen LogP contribution is -2.23. The molecule has 9 heteroatoms. The van der Waals surface area contributed by atoms with Gasteiger partial charge in [-0.1, -0.05) is 9.95 Å².